The fourth-order valence-corrected chi connectivity index (χ4v) is 4.39. The molecular weight excluding hydrogens is 529 g/mol. The third-order valence-electron chi connectivity index (χ3n) is 6.03. The van der Waals surface area contributed by atoms with Gasteiger partial charge >= 0.3 is 6.03 Å². The number of urea groups is 1. The van der Waals surface area contributed by atoms with Gasteiger partial charge in [0.2, 0.25) is 0 Å². The molecule has 0 atom stereocenters. The number of rotatable bonds is 7. The largest absolute Gasteiger partial charge is 0.336 e. The van der Waals surface area contributed by atoms with E-state index in [0.29, 0.717) is 22.7 Å². The number of carbonyl (C=O) groups is 3. The van der Waals surface area contributed by atoms with Crippen molar-refractivity contribution < 1.29 is 18.8 Å². The van der Waals surface area contributed by atoms with Crippen LogP contribution in [0.5, 0.6) is 0 Å². The van der Waals surface area contributed by atoms with E-state index < -0.39 is 17.8 Å². The van der Waals surface area contributed by atoms with Crippen LogP contribution in [0.15, 0.2) is 72.8 Å². The van der Waals surface area contributed by atoms with Crippen molar-refractivity contribution in [3.8, 4) is 0 Å². The molecule has 1 saturated heterocycles. The summed E-state index contributed by atoms with van der Waals surface area (Å²) in [5.74, 6) is -1.44. The summed E-state index contributed by atoms with van der Waals surface area (Å²) in [6, 6.07) is 18.1. The summed E-state index contributed by atoms with van der Waals surface area (Å²) in [5.41, 5.74) is 1.65. The number of piperidine rings is 1. The van der Waals surface area contributed by atoms with Gasteiger partial charge in [-0.2, -0.15) is 0 Å². The molecule has 8 nitrogen and oxygen atoms in total. The van der Waals surface area contributed by atoms with Gasteiger partial charge in [0.05, 0.1) is 23.5 Å². The van der Waals surface area contributed by atoms with Gasteiger partial charge in [-0.15, -0.1) is 0 Å². The molecule has 0 unspecified atom stereocenters. The number of hydrogen-bond donors (Lipinski definition) is 3. The Morgan fingerprint density at radius 2 is 1.58 bits per heavy atom. The predicted molar refractivity (Wildman–Crippen MR) is 151 cm³/mol. The minimum atomic E-state index is -0.618. The van der Waals surface area contributed by atoms with Crippen LogP contribution in [-0.4, -0.2) is 42.4 Å². The van der Waals surface area contributed by atoms with E-state index in [1.165, 1.54) is 24.6 Å². The Hall–Kier alpha value is -3.60. The molecule has 0 radical (unpaired) electrons. The zero-order valence-electron chi connectivity index (χ0n) is 20.4. The first-order valence-corrected chi connectivity index (χ1v) is 12.8. The van der Waals surface area contributed by atoms with Crippen LogP contribution in [0.4, 0.5) is 31.9 Å². The van der Waals surface area contributed by atoms with Crippen molar-refractivity contribution in [3.63, 3.8) is 0 Å². The maximum atomic E-state index is 13.8. The predicted octanol–water partition coefficient (Wildman–Crippen LogP) is 5.93. The van der Waals surface area contributed by atoms with Crippen LogP contribution in [0.25, 0.3) is 0 Å². The Kier molecular flexibility index (Phi) is 9.22. The summed E-state index contributed by atoms with van der Waals surface area (Å²) in [6.45, 7) is 1.99. The van der Waals surface area contributed by atoms with Gasteiger partial charge in [0.15, 0.2) is 0 Å². The van der Waals surface area contributed by atoms with E-state index in [9.17, 15) is 18.8 Å². The molecule has 0 aliphatic carbocycles. The van der Waals surface area contributed by atoms with Crippen LogP contribution in [-0.2, 0) is 4.79 Å². The van der Waals surface area contributed by atoms with E-state index in [4.69, 9.17) is 11.8 Å². The van der Waals surface area contributed by atoms with Gasteiger partial charge in [-0.05, 0) is 80.5 Å². The zero-order valence-corrected chi connectivity index (χ0v) is 22.1. The molecule has 0 saturated carbocycles. The summed E-state index contributed by atoms with van der Waals surface area (Å²) in [6.07, 6.45) is 3.32. The maximum Gasteiger partial charge on any atom is 0.336 e. The number of nitrogens with zero attached hydrogens (tertiary/aromatic N) is 3. The van der Waals surface area contributed by atoms with Crippen LogP contribution in [0.2, 0.25) is 0 Å². The normalized spacial score (nSPS) is 13.4. The summed E-state index contributed by atoms with van der Waals surface area (Å²) in [7, 11) is 0. The minimum Gasteiger partial charge on any atom is -0.322 e. The molecule has 1 fully saturated rings. The zero-order chi connectivity index (χ0) is 27.1. The maximum absolute atomic E-state index is 13.8. The first-order chi connectivity index (χ1) is 18.3. The topological polar surface area (TPSA) is 85.0 Å². The highest BCUT2D eigenvalue weighted by atomic mass is 35.5. The van der Waals surface area contributed by atoms with Gasteiger partial charge in [0.25, 0.3) is 11.8 Å². The molecule has 198 valence electrons. The molecule has 0 aromatic heterocycles. The van der Waals surface area contributed by atoms with Crippen molar-refractivity contribution in [2.45, 2.75) is 19.3 Å². The highest BCUT2D eigenvalue weighted by molar-refractivity contribution is 7.82. The van der Waals surface area contributed by atoms with E-state index in [0.717, 1.165) is 34.7 Å². The molecule has 3 aromatic rings. The standard InChI is InChI=1S/C27H27ClFN5O3S/c28-33(25(35)18-32-15-4-1-5-16-32)22-8-6-7-20(17-22)31-27(37)34(38)21-13-11-19(12-14-21)30-26(36)23-9-2-3-10-24(23)29/h2-3,6-14,17,38H,1,4-5,15-16,18H2,(H,30,36)(H,31,37). The third kappa shape index (κ3) is 7.03. The number of anilines is 4. The number of carbonyl (C=O) groups excluding carboxylic acids is 3. The van der Waals surface area contributed by atoms with Crippen molar-refractivity contribution in [1.82, 2.24) is 4.90 Å². The second-order valence-electron chi connectivity index (χ2n) is 8.78. The lowest BCUT2D eigenvalue weighted by Crippen LogP contribution is -2.39. The summed E-state index contributed by atoms with van der Waals surface area (Å²) in [4.78, 5) is 39.8. The molecule has 4 rings (SSSR count). The Labute approximate surface area is 231 Å². The second-order valence-corrected chi connectivity index (χ2v) is 9.52. The Morgan fingerprint density at radius 3 is 2.29 bits per heavy atom. The van der Waals surface area contributed by atoms with Crippen LogP contribution < -0.4 is 19.4 Å². The molecule has 1 aliphatic heterocycles. The van der Waals surface area contributed by atoms with Gasteiger partial charge in [-0.3, -0.25) is 14.5 Å². The van der Waals surface area contributed by atoms with E-state index >= 15 is 0 Å². The molecule has 4 amide bonds. The molecule has 38 heavy (non-hydrogen) atoms. The van der Waals surface area contributed by atoms with Gasteiger partial charge in [0.1, 0.15) is 5.82 Å². The quantitative estimate of drug-likeness (QED) is 0.249. The SMILES string of the molecule is O=C(Nc1ccc(N(S)C(=O)Nc2cccc(N(Cl)C(=O)CN3CCCCC3)c2)cc1)c1ccccc1F. The lowest BCUT2D eigenvalue weighted by molar-refractivity contribution is -0.118. The fraction of sp³-hybridized carbons (Fsp3) is 0.222. The monoisotopic (exact) mass is 555 g/mol. The van der Waals surface area contributed by atoms with Gasteiger partial charge in [0, 0.05) is 23.2 Å². The molecule has 0 bridgehead atoms. The molecule has 11 heteroatoms. The van der Waals surface area contributed by atoms with Gasteiger partial charge in [-0.1, -0.05) is 37.4 Å². The highest BCUT2D eigenvalue weighted by Crippen LogP contribution is 2.25. The van der Waals surface area contributed by atoms with Crippen molar-refractivity contribution >= 4 is 65.2 Å². The van der Waals surface area contributed by atoms with Crippen molar-refractivity contribution in [2.24, 2.45) is 0 Å². The lowest BCUT2D eigenvalue weighted by Gasteiger charge is -2.27. The number of hydrogen-bond acceptors (Lipinski definition) is 5. The van der Waals surface area contributed by atoms with E-state index in [1.807, 2.05) is 0 Å². The van der Waals surface area contributed by atoms with Gasteiger partial charge in [-0.25, -0.2) is 17.9 Å². The Balaban J connectivity index is 1.34. The summed E-state index contributed by atoms with van der Waals surface area (Å²) < 4.78 is 16.0. The first kappa shape index (κ1) is 27.4. The first-order valence-electron chi connectivity index (χ1n) is 12.1. The number of benzene rings is 3. The van der Waals surface area contributed by atoms with Crippen LogP contribution in [0, 0.1) is 5.82 Å². The minimum absolute atomic E-state index is 0.0716. The second kappa shape index (κ2) is 12.8. The number of nitrogens with one attached hydrogen (secondary N) is 2. The van der Waals surface area contributed by atoms with Crippen molar-refractivity contribution in [1.29, 1.82) is 0 Å². The summed E-state index contributed by atoms with van der Waals surface area (Å²) in [5, 5.41) is 5.34. The van der Waals surface area contributed by atoms with Gasteiger partial charge < -0.3 is 10.6 Å². The number of amides is 4. The Bertz CT molecular complexity index is 1300. The molecular formula is C27H27ClFN5O3S. The van der Waals surface area contributed by atoms with Crippen LogP contribution >= 0.6 is 24.6 Å². The van der Waals surface area contributed by atoms with E-state index in [2.05, 4.69) is 28.3 Å². The van der Waals surface area contributed by atoms with Crippen molar-refractivity contribution in [2.75, 3.05) is 39.0 Å². The van der Waals surface area contributed by atoms with Crippen molar-refractivity contribution in [3.05, 3.63) is 84.2 Å². The number of thiol groups is 1. The van der Waals surface area contributed by atoms with Crippen LogP contribution in [0.1, 0.15) is 29.6 Å². The molecule has 1 heterocycles. The average molecular weight is 556 g/mol. The third-order valence-corrected chi connectivity index (χ3v) is 6.83. The van der Waals surface area contributed by atoms with E-state index in [1.54, 1.807) is 54.6 Å². The fourth-order valence-electron chi connectivity index (χ4n) is 4.04. The number of halogens is 2. The molecule has 1 aliphatic rings. The molecule has 0 spiro atoms. The molecule has 2 N–H and O–H groups in total. The highest BCUT2D eigenvalue weighted by Gasteiger charge is 2.20. The Morgan fingerprint density at radius 1 is 0.868 bits per heavy atom. The van der Waals surface area contributed by atoms with E-state index in [-0.39, 0.29) is 18.0 Å². The molecule has 3 aromatic carbocycles. The lowest BCUT2D eigenvalue weighted by atomic mass is 10.1. The average Bonchev–Trinajstić information content (AvgIpc) is 2.93. The number of likely N-dealkylation sites (tertiary alicyclic amines) is 1. The smallest absolute Gasteiger partial charge is 0.322 e. The summed E-state index contributed by atoms with van der Waals surface area (Å²) >= 11 is 10.6. The van der Waals surface area contributed by atoms with Crippen LogP contribution in [0.3, 0.4) is 0 Å².